The summed E-state index contributed by atoms with van der Waals surface area (Å²) in [5.74, 6) is -1.88. The summed E-state index contributed by atoms with van der Waals surface area (Å²) in [4.78, 5) is 38.3. The van der Waals surface area contributed by atoms with E-state index in [4.69, 9.17) is 4.74 Å². The van der Waals surface area contributed by atoms with Gasteiger partial charge >= 0.3 is 12.1 Å². The Balaban J connectivity index is 1.52. The first-order valence-electron chi connectivity index (χ1n) is 11.0. The van der Waals surface area contributed by atoms with Gasteiger partial charge in [0.05, 0.1) is 11.5 Å². The lowest BCUT2D eigenvalue weighted by molar-refractivity contribution is -0.162. The van der Waals surface area contributed by atoms with Gasteiger partial charge in [0.25, 0.3) is 5.91 Å². The summed E-state index contributed by atoms with van der Waals surface area (Å²) in [5.41, 5.74) is -0.543. The van der Waals surface area contributed by atoms with E-state index in [-0.39, 0.29) is 23.3 Å². The van der Waals surface area contributed by atoms with Crippen molar-refractivity contribution in [1.82, 2.24) is 0 Å². The third-order valence-electron chi connectivity index (χ3n) is 6.41. The summed E-state index contributed by atoms with van der Waals surface area (Å²) in [6, 6.07) is 12.6. The van der Waals surface area contributed by atoms with Crippen molar-refractivity contribution in [2.24, 2.45) is 17.8 Å². The highest BCUT2D eigenvalue weighted by Gasteiger charge is 2.43. The van der Waals surface area contributed by atoms with Crippen molar-refractivity contribution in [2.75, 3.05) is 5.32 Å². The Kier molecular flexibility index (Phi) is 6.54. The molecule has 1 unspecified atom stereocenters. The average Bonchev–Trinajstić information content (AvgIpc) is 2.77. The Labute approximate surface area is 189 Å². The van der Waals surface area contributed by atoms with Gasteiger partial charge < -0.3 is 10.1 Å². The minimum absolute atomic E-state index is 0.0513. The number of benzene rings is 2. The van der Waals surface area contributed by atoms with Crippen LogP contribution < -0.4 is 5.32 Å². The maximum absolute atomic E-state index is 13.0. The standard InChI is InChI=1S/C25H24F3NO4/c26-25(27,28)19-10-5-11-20(14-19)29-23(31)22(15-6-2-1-3-7-15)33-24(32)18-12-16-8-4-9-17(13-18)21(16)30/h1-3,5-7,10-11,14,16-18,22H,4,8-9,12-13H2,(H,29,31)/t16-,17+,18?,22-/m0/s1. The minimum atomic E-state index is -4.55. The highest BCUT2D eigenvalue weighted by atomic mass is 19.4. The molecule has 0 saturated heterocycles. The number of carbonyl (C=O) groups excluding carboxylic acids is 3. The van der Waals surface area contributed by atoms with E-state index in [1.165, 1.54) is 12.1 Å². The highest BCUT2D eigenvalue weighted by molar-refractivity contribution is 5.96. The van der Waals surface area contributed by atoms with Crippen molar-refractivity contribution in [3.63, 3.8) is 0 Å². The van der Waals surface area contributed by atoms with E-state index in [1.54, 1.807) is 30.3 Å². The normalized spacial score (nSPS) is 23.5. The summed E-state index contributed by atoms with van der Waals surface area (Å²) in [5, 5.41) is 2.44. The molecule has 2 bridgehead atoms. The number of ether oxygens (including phenoxy) is 1. The summed E-state index contributed by atoms with van der Waals surface area (Å²) >= 11 is 0. The third kappa shape index (κ3) is 5.26. The Morgan fingerprint density at radius 3 is 2.27 bits per heavy atom. The Bertz CT molecular complexity index is 1020. The molecule has 2 aromatic carbocycles. The Morgan fingerprint density at radius 2 is 1.64 bits per heavy atom. The first-order valence-corrected chi connectivity index (χ1v) is 11.0. The van der Waals surface area contributed by atoms with Gasteiger partial charge in [-0.25, -0.2) is 0 Å². The molecule has 2 saturated carbocycles. The first kappa shape index (κ1) is 23.0. The number of ketones is 1. The number of amides is 1. The molecule has 2 fully saturated rings. The van der Waals surface area contributed by atoms with Crippen molar-refractivity contribution >= 4 is 23.3 Å². The van der Waals surface area contributed by atoms with Crippen LogP contribution in [0.15, 0.2) is 54.6 Å². The topological polar surface area (TPSA) is 72.5 Å². The summed E-state index contributed by atoms with van der Waals surface area (Å²) in [6.07, 6.45) is -2.58. The number of esters is 1. The Hall–Kier alpha value is -3.16. The largest absolute Gasteiger partial charge is 0.447 e. The number of hydrogen-bond donors (Lipinski definition) is 1. The lowest BCUT2D eigenvalue weighted by Crippen LogP contribution is -2.40. The van der Waals surface area contributed by atoms with E-state index >= 15 is 0 Å². The van der Waals surface area contributed by atoms with Gasteiger partial charge in [-0.2, -0.15) is 13.2 Å². The van der Waals surface area contributed by atoms with Crippen LogP contribution in [0.4, 0.5) is 18.9 Å². The number of hydrogen-bond acceptors (Lipinski definition) is 4. The third-order valence-corrected chi connectivity index (χ3v) is 6.41. The molecule has 2 aromatic rings. The second-order valence-corrected chi connectivity index (χ2v) is 8.69. The first-order chi connectivity index (χ1) is 15.7. The van der Waals surface area contributed by atoms with Crippen molar-refractivity contribution in [3.05, 3.63) is 65.7 Å². The van der Waals surface area contributed by atoms with Crippen molar-refractivity contribution in [1.29, 1.82) is 0 Å². The average molecular weight is 459 g/mol. The molecule has 8 heteroatoms. The fourth-order valence-corrected chi connectivity index (χ4v) is 4.77. The van der Waals surface area contributed by atoms with Gasteiger partial charge in [-0.1, -0.05) is 42.8 Å². The zero-order chi connectivity index (χ0) is 23.6. The SMILES string of the molecule is O=C(O[C@H](C(=O)Nc1cccc(C(F)(F)F)c1)c1ccccc1)C1C[C@H]2CCC[C@@H](C1)C2=O. The number of nitrogens with one attached hydrogen (secondary N) is 1. The molecule has 2 aliphatic rings. The van der Waals surface area contributed by atoms with Crippen LogP contribution in [0.5, 0.6) is 0 Å². The van der Waals surface area contributed by atoms with Crippen LogP contribution in [0.25, 0.3) is 0 Å². The summed E-state index contributed by atoms with van der Waals surface area (Å²) < 4.78 is 44.7. The second kappa shape index (κ2) is 9.37. The summed E-state index contributed by atoms with van der Waals surface area (Å²) in [7, 11) is 0. The highest BCUT2D eigenvalue weighted by Crippen LogP contribution is 2.41. The second-order valence-electron chi connectivity index (χ2n) is 8.69. The van der Waals surface area contributed by atoms with Gasteiger partial charge in [0.2, 0.25) is 6.10 Å². The molecule has 1 amide bonds. The van der Waals surface area contributed by atoms with E-state index in [0.29, 0.717) is 18.4 Å². The van der Waals surface area contributed by atoms with Crippen molar-refractivity contribution in [3.8, 4) is 0 Å². The van der Waals surface area contributed by atoms with Crippen LogP contribution in [0.2, 0.25) is 0 Å². The van der Waals surface area contributed by atoms with Crippen molar-refractivity contribution in [2.45, 2.75) is 44.4 Å². The van der Waals surface area contributed by atoms with Gasteiger partial charge in [0.15, 0.2) is 0 Å². The molecule has 0 heterocycles. The van der Waals surface area contributed by atoms with Crippen LogP contribution in [0.1, 0.15) is 49.3 Å². The predicted octanol–water partition coefficient (Wildman–Crippen LogP) is 5.32. The maximum atomic E-state index is 13.0. The van der Waals surface area contributed by atoms with E-state index in [9.17, 15) is 27.6 Å². The van der Waals surface area contributed by atoms with Gasteiger partial charge in [0, 0.05) is 23.1 Å². The van der Waals surface area contributed by atoms with E-state index in [0.717, 1.165) is 31.4 Å². The van der Waals surface area contributed by atoms with Crippen LogP contribution in [0, 0.1) is 17.8 Å². The minimum Gasteiger partial charge on any atom is -0.447 e. The lowest BCUT2D eigenvalue weighted by Gasteiger charge is -2.36. The fraction of sp³-hybridized carbons (Fsp3) is 0.400. The molecular formula is C25H24F3NO4. The quantitative estimate of drug-likeness (QED) is 0.614. The molecule has 2 aliphatic carbocycles. The monoisotopic (exact) mass is 459 g/mol. The predicted molar refractivity (Wildman–Crippen MR) is 114 cm³/mol. The van der Waals surface area contributed by atoms with E-state index in [1.807, 2.05) is 0 Å². The number of fused-ring (bicyclic) bond motifs is 2. The van der Waals surface area contributed by atoms with Gasteiger partial charge in [0.1, 0.15) is 5.78 Å². The van der Waals surface area contributed by atoms with Crippen LogP contribution in [-0.4, -0.2) is 17.7 Å². The number of anilines is 1. The van der Waals surface area contributed by atoms with Crippen molar-refractivity contribution < 1.29 is 32.3 Å². The molecule has 0 aromatic heterocycles. The number of halogens is 3. The Morgan fingerprint density at radius 1 is 0.970 bits per heavy atom. The molecule has 4 atom stereocenters. The molecule has 0 aliphatic heterocycles. The number of carbonyl (C=O) groups is 3. The zero-order valence-corrected chi connectivity index (χ0v) is 17.8. The van der Waals surface area contributed by atoms with E-state index in [2.05, 4.69) is 5.32 Å². The van der Waals surface area contributed by atoms with E-state index < -0.39 is 35.6 Å². The van der Waals surface area contributed by atoms with Gasteiger partial charge in [-0.05, 0) is 43.9 Å². The molecular weight excluding hydrogens is 435 g/mol. The molecule has 4 rings (SSSR count). The lowest BCUT2D eigenvalue weighted by atomic mass is 9.67. The fourth-order valence-electron chi connectivity index (χ4n) is 4.77. The summed E-state index contributed by atoms with van der Waals surface area (Å²) in [6.45, 7) is 0. The van der Waals surface area contributed by atoms with Crippen LogP contribution in [0.3, 0.4) is 0 Å². The number of alkyl halides is 3. The van der Waals surface area contributed by atoms with Gasteiger partial charge in [-0.3, -0.25) is 14.4 Å². The maximum Gasteiger partial charge on any atom is 0.416 e. The number of Topliss-reactive ketones (excluding diaryl/α,β-unsaturated/α-hetero) is 1. The molecule has 174 valence electrons. The molecule has 5 nitrogen and oxygen atoms in total. The molecule has 0 radical (unpaired) electrons. The number of rotatable bonds is 5. The molecule has 0 spiro atoms. The molecule has 1 N–H and O–H groups in total. The zero-order valence-electron chi connectivity index (χ0n) is 17.8. The van der Waals surface area contributed by atoms with Crippen LogP contribution in [-0.2, 0) is 25.3 Å². The molecule has 33 heavy (non-hydrogen) atoms. The van der Waals surface area contributed by atoms with Crippen LogP contribution >= 0.6 is 0 Å². The van der Waals surface area contributed by atoms with Gasteiger partial charge in [-0.15, -0.1) is 0 Å². The smallest absolute Gasteiger partial charge is 0.416 e.